The predicted octanol–water partition coefficient (Wildman–Crippen LogP) is 2.13. The van der Waals surface area contributed by atoms with E-state index in [1.54, 1.807) is 31.0 Å². The normalized spacial score (nSPS) is 24.0. The highest BCUT2D eigenvalue weighted by molar-refractivity contribution is 7.89. The first-order valence-electron chi connectivity index (χ1n) is 11.0. The molecule has 9 heteroatoms. The number of nitrogens with zero attached hydrogens (tertiary/aromatic N) is 2. The molecule has 2 aliphatic rings. The third kappa shape index (κ3) is 5.17. The molecule has 1 amide bonds. The number of aliphatic hydroxyl groups excluding tert-OH is 1. The van der Waals surface area contributed by atoms with Crippen molar-refractivity contribution < 1.29 is 27.8 Å². The molecule has 3 rings (SSSR count). The number of ether oxygens (including phenoxy) is 2. The molecule has 0 unspecified atom stereocenters. The Bertz CT molecular complexity index is 961. The van der Waals surface area contributed by atoms with E-state index >= 15 is 0 Å². The summed E-state index contributed by atoms with van der Waals surface area (Å²) in [5, 5.41) is 9.73. The quantitative estimate of drug-likeness (QED) is 0.661. The van der Waals surface area contributed by atoms with Gasteiger partial charge in [0.1, 0.15) is 23.4 Å². The van der Waals surface area contributed by atoms with Crippen molar-refractivity contribution in [1.82, 2.24) is 9.21 Å². The minimum atomic E-state index is -3.88. The van der Waals surface area contributed by atoms with Crippen LogP contribution < -0.4 is 4.74 Å². The summed E-state index contributed by atoms with van der Waals surface area (Å²) in [6.07, 6.45) is 4.79. The maximum atomic E-state index is 13.5. The van der Waals surface area contributed by atoms with E-state index in [9.17, 15) is 18.3 Å². The van der Waals surface area contributed by atoms with E-state index < -0.39 is 22.2 Å². The van der Waals surface area contributed by atoms with E-state index in [2.05, 4.69) is 6.08 Å². The van der Waals surface area contributed by atoms with Crippen LogP contribution in [0, 0.1) is 5.92 Å². The smallest absolute Gasteiger partial charge is 0.248 e. The molecule has 0 saturated carbocycles. The summed E-state index contributed by atoms with van der Waals surface area (Å²) in [5.74, 6) is -0.114. The van der Waals surface area contributed by atoms with Crippen LogP contribution in [0.15, 0.2) is 29.2 Å². The van der Waals surface area contributed by atoms with Gasteiger partial charge in [-0.25, -0.2) is 8.42 Å². The summed E-state index contributed by atoms with van der Waals surface area (Å²) in [5.41, 5.74) is 2.14. The van der Waals surface area contributed by atoms with Crippen LogP contribution in [-0.2, 0) is 19.6 Å². The lowest BCUT2D eigenvalue weighted by atomic mass is 10.0. The maximum absolute atomic E-state index is 13.5. The second-order valence-electron chi connectivity index (χ2n) is 8.73. The van der Waals surface area contributed by atoms with Crippen molar-refractivity contribution in [2.45, 2.75) is 50.2 Å². The van der Waals surface area contributed by atoms with Gasteiger partial charge in [0.15, 0.2) is 0 Å². The number of sulfonamides is 1. The third-order valence-electron chi connectivity index (χ3n) is 6.23. The van der Waals surface area contributed by atoms with Crippen LogP contribution in [-0.4, -0.2) is 81.2 Å². The van der Waals surface area contributed by atoms with Crippen molar-refractivity contribution in [3.8, 4) is 5.75 Å². The molecule has 178 valence electrons. The van der Waals surface area contributed by atoms with Crippen LogP contribution in [0.1, 0.15) is 38.7 Å². The molecule has 1 aliphatic heterocycles. The Morgan fingerprint density at radius 3 is 2.78 bits per heavy atom. The number of rotatable bonds is 7. The fourth-order valence-electron chi connectivity index (χ4n) is 4.18. The molecule has 1 aromatic carbocycles. The van der Waals surface area contributed by atoms with Gasteiger partial charge in [-0.05, 0) is 49.5 Å². The molecule has 0 aromatic heterocycles. The molecule has 0 spiro atoms. The minimum Gasteiger partial charge on any atom is -0.487 e. The minimum absolute atomic E-state index is 0.0332. The van der Waals surface area contributed by atoms with E-state index in [0.717, 1.165) is 24.8 Å². The maximum Gasteiger partial charge on any atom is 0.248 e. The van der Waals surface area contributed by atoms with Gasteiger partial charge in [-0.15, -0.1) is 0 Å². The molecule has 0 saturated heterocycles. The van der Waals surface area contributed by atoms with Crippen LogP contribution in [0.2, 0.25) is 0 Å². The summed E-state index contributed by atoms with van der Waals surface area (Å²) in [7, 11) is -0.726. The van der Waals surface area contributed by atoms with Gasteiger partial charge < -0.3 is 19.5 Å². The first kappa shape index (κ1) is 24.7. The standard InChI is InChI=1S/C23H34N2O6S/c1-16-12-25(17(2)14-26)32(28,29)22-10-9-19(18-7-5-6-8-18)11-20(22)31-21(16)13-24(3)23(27)15-30-4/h7,9-11,16-17,21,26H,5-6,8,12-15H2,1-4H3/t16-,17+,21-/m0/s1. The summed E-state index contributed by atoms with van der Waals surface area (Å²) >= 11 is 0. The number of fused-ring (bicyclic) bond motifs is 1. The summed E-state index contributed by atoms with van der Waals surface area (Å²) in [4.78, 5) is 13.9. The number of carbonyl (C=O) groups excluding carboxylic acids is 1. The Morgan fingerprint density at radius 2 is 2.16 bits per heavy atom. The highest BCUT2D eigenvalue weighted by atomic mass is 32.2. The lowest BCUT2D eigenvalue weighted by molar-refractivity contribution is -0.135. The number of likely N-dealkylation sites (N-methyl/N-ethyl adjacent to an activating group) is 1. The zero-order valence-electron chi connectivity index (χ0n) is 19.3. The average molecular weight is 467 g/mol. The molecule has 1 aliphatic carbocycles. The van der Waals surface area contributed by atoms with Gasteiger partial charge in [0.05, 0.1) is 13.2 Å². The van der Waals surface area contributed by atoms with Gasteiger partial charge in [0, 0.05) is 32.7 Å². The summed E-state index contributed by atoms with van der Waals surface area (Å²) < 4.78 is 39.6. The fraction of sp³-hybridized carbons (Fsp3) is 0.609. The number of allylic oxidation sites excluding steroid dienone is 2. The topological polar surface area (TPSA) is 96.4 Å². The Labute approximate surface area is 190 Å². The van der Waals surface area contributed by atoms with Crippen molar-refractivity contribution in [2.24, 2.45) is 5.92 Å². The molecular weight excluding hydrogens is 432 g/mol. The van der Waals surface area contributed by atoms with Crippen LogP contribution in [0.4, 0.5) is 0 Å². The number of hydrogen-bond donors (Lipinski definition) is 1. The van der Waals surface area contributed by atoms with Crippen molar-refractivity contribution in [3.05, 3.63) is 29.8 Å². The number of aliphatic hydroxyl groups is 1. The highest BCUT2D eigenvalue weighted by Gasteiger charge is 2.38. The van der Waals surface area contributed by atoms with E-state index in [0.29, 0.717) is 0 Å². The SMILES string of the molecule is COCC(=O)N(C)C[C@@H]1Oc2cc(C3=CCCC3)ccc2S(=O)(=O)N([C@H](C)CO)C[C@@H]1C. The summed E-state index contributed by atoms with van der Waals surface area (Å²) in [6, 6.07) is 4.64. The molecule has 0 fully saturated rings. The van der Waals surface area contributed by atoms with Gasteiger partial charge in [0.2, 0.25) is 15.9 Å². The number of carbonyl (C=O) groups is 1. The van der Waals surface area contributed by atoms with Gasteiger partial charge in [-0.1, -0.05) is 19.1 Å². The molecule has 1 heterocycles. The Morgan fingerprint density at radius 1 is 1.41 bits per heavy atom. The molecule has 1 aromatic rings. The zero-order chi connectivity index (χ0) is 23.5. The number of hydrogen-bond acceptors (Lipinski definition) is 6. The van der Waals surface area contributed by atoms with Gasteiger partial charge >= 0.3 is 0 Å². The Balaban J connectivity index is 2.04. The monoisotopic (exact) mass is 466 g/mol. The largest absolute Gasteiger partial charge is 0.487 e. The molecule has 3 atom stereocenters. The second kappa shape index (κ2) is 10.3. The van der Waals surface area contributed by atoms with E-state index in [1.807, 2.05) is 13.0 Å². The molecule has 1 N–H and O–H groups in total. The van der Waals surface area contributed by atoms with Crippen LogP contribution in [0.3, 0.4) is 0 Å². The van der Waals surface area contributed by atoms with Crippen LogP contribution in [0.5, 0.6) is 5.75 Å². The van der Waals surface area contributed by atoms with Gasteiger partial charge in [-0.3, -0.25) is 4.79 Å². The van der Waals surface area contributed by atoms with Crippen molar-refractivity contribution in [3.63, 3.8) is 0 Å². The van der Waals surface area contributed by atoms with Crippen molar-refractivity contribution >= 4 is 21.5 Å². The number of amides is 1. The first-order valence-corrected chi connectivity index (χ1v) is 12.5. The predicted molar refractivity (Wildman–Crippen MR) is 122 cm³/mol. The Hall–Kier alpha value is -1.94. The van der Waals surface area contributed by atoms with Crippen molar-refractivity contribution in [2.75, 3.05) is 40.5 Å². The molecule has 0 bridgehead atoms. The molecular formula is C23H34N2O6S. The van der Waals surface area contributed by atoms with E-state index in [1.165, 1.54) is 17.0 Å². The summed E-state index contributed by atoms with van der Waals surface area (Å²) in [6.45, 7) is 3.73. The van der Waals surface area contributed by atoms with E-state index in [4.69, 9.17) is 9.47 Å². The van der Waals surface area contributed by atoms with Gasteiger partial charge in [0.25, 0.3) is 0 Å². The highest BCUT2D eigenvalue weighted by Crippen LogP contribution is 2.37. The van der Waals surface area contributed by atoms with E-state index in [-0.39, 0.29) is 48.8 Å². The third-order valence-corrected chi connectivity index (χ3v) is 8.25. The van der Waals surface area contributed by atoms with Crippen LogP contribution >= 0.6 is 0 Å². The Kier molecular flexibility index (Phi) is 7.97. The van der Waals surface area contributed by atoms with Crippen molar-refractivity contribution in [1.29, 1.82) is 0 Å². The molecule has 32 heavy (non-hydrogen) atoms. The number of methoxy groups -OCH3 is 1. The fourth-order valence-corrected chi connectivity index (χ4v) is 6.01. The lowest BCUT2D eigenvalue weighted by Crippen LogP contribution is -2.50. The lowest BCUT2D eigenvalue weighted by Gasteiger charge is -2.37. The second-order valence-corrected chi connectivity index (χ2v) is 10.6. The average Bonchev–Trinajstić information content (AvgIpc) is 3.30. The molecule has 0 radical (unpaired) electrons. The number of benzene rings is 1. The van der Waals surface area contributed by atoms with Gasteiger partial charge in [-0.2, -0.15) is 4.31 Å². The first-order chi connectivity index (χ1) is 15.2. The zero-order valence-corrected chi connectivity index (χ0v) is 20.1. The van der Waals surface area contributed by atoms with Crippen LogP contribution in [0.25, 0.3) is 5.57 Å². The molecule has 8 nitrogen and oxygen atoms in total.